The van der Waals surface area contributed by atoms with E-state index in [-0.39, 0.29) is 30.8 Å². The van der Waals surface area contributed by atoms with Crippen molar-refractivity contribution in [3.63, 3.8) is 0 Å². The fraction of sp³-hybridized carbons (Fsp3) is 0.421. The van der Waals surface area contributed by atoms with E-state index >= 15 is 0 Å². The van der Waals surface area contributed by atoms with Crippen LogP contribution in [-0.2, 0) is 9.59 Å². The quantitative estimate of drug-likeness (QED) is 0.784. The van der Waals surface area contributed by atoms with Crippen molar-refractivity contribution in [2.75, 3.05) is 38.5 Å². The van der Waals surface area contributed by atoms with Gasteiger partial charge < -0.3 is 9.42 Å². The molecule has 2 rings (SSSR count). The Hall–Kier alpha value is -2.67. The first-order valence-corrected chi connectivity index (χ1v) is 8.72. The summed E-state index contributed by atoms with van der Waals surface area (Å²) in [4.78, 5) is 27.6. The molecule has 0 saturated heterocycles. The highest BCUT2D eigenvalue weighted by atomic mass is 16.5. The van der Waals surface area contributed by atoms with Crippen molar-refractivity contribution in [2.24, 2.45) is 0 Å². The van der Waals surface area contributed by atoms with Crippen LogP contribution >= 0.6 is 0 Å². The molecule has 0 bridgehead atoms. The van der Waals surface area contributed by atoms with Gasteiger partial charge in [-0.2, -0.15) is 0 Å². The molecule has 26 heavy (non-hydrogen) atoms. The molecule has 7 heteroatoms. The summed E-state index contributed by atoms with van der Waals surface area (Å²) in [5.74, 6) is 0.0344. The number of rotatable bonds is 8. The minimum Gasteiger partial charge on any atom is -0.342 e. The summed E-state index contributed by atoms with van der Waals surface area (Å²) in [6.07, 6.45) is 0. The average Bonchev–Trinajstić information content (AvgIpc) is 3.04. The smallest absolute Gasteiger partial charge is 0.240 e. The maximum absolute atomic E-state index is 12.1. The molecule has 2 amide bonds. The first-order chi connectivity index (χ1) is 12.4. The first-order valence-electron chi connectivity index (χ1n) is 8.72. The molecule has 7 nitrogen and oxygen atoms in total. The molecule has 0 aliphatic rings. The van der Waals surface area contributed by atoms with Gasteiger partial charge in [-0.15, -0.1) is 0 Å². The van der Waals surface area contributed by atoms with E-state index in [1.165, 1.54) is 0 Å². The van der Waals surface area contributed by atoms with E-state index < -0.39 is 0 Å². The molecular weight excluding hydrogens is 332 g/mol. The van der Waals surface area contributed by atoms with Gasteiger partial charge in [0.05, 0.1) is 13.1 Å². The van der Waals surface area contributed by atoms with Crippen LogP contribution in [0.2, 0.25) is 0 Å². The van der Waals surface area contributed by atoms with Gasteiger partial charge in [-0.05, 0) is 27.8 Å². The van der Waals surface area contributed by atoms with Crippen molar-refractivity contribution in [3.05, 3.63) is 35.9 Å². The second kappa shape index (κ2) is 9.15. The van der Waals surface area contributed by atoms with E-state index in [0.717, 1.165) is 11.1 Å². The van der Waals surface area contributed by atoms with Crippen molar-refractivity contribution in [1.82, 2.24) is 15.0 Å². The number of likely N-dealkylation sites (N-methyl/N-ethyl adjacent to an activating group) is 2. The Morgan fingerprint density at radius 3 is 2.38 bits per heavy atom. The fourth-order valence-corrected chi connectivity index (χ4v) is 2.58. The minimum atomic E-state index is -0.258. The highest BCUT2D eigenvalue weighted by molar-refractivity contribution is 5.91. The first kappa shape index (κ1) is 19.7. The average molecular weight is 358 g/mol. The zero-order chi connectivity index (χ0) is 19.1. The van der Waals surface area contributed by atoms with E-state index in [9.17, 15) is 9.59 Å². The van der Waals surface area contributed by atoms with Gasteiger partial charge in [-0.3, -0.25) is 19.8 Å². The zero-order valence-electron chi connectivity index (χ0n) is 15.8. The molecule has 1 heterocycles. The van der Waals surface area contributed by atoms with Crippen molar-refractivity contribution in [1.29, 1.82) is 0 Å². The summed E-state index contributed by atoms with van der Waals surface area (Å²) in [7, 11) is 1.74. The number of aryl methyl sites for hydroxylation is 1. The molecule has 0 spiro atoms. The fourth-order valence-electron chi connectivity index (χ4n) is 2.58. The molecule has 2 aromatic rings. The Bertz CT molecular complexity index is 735. The summed E-state index contributed by atoms with van der Waals surface area (Å²) in [6.45, 7) is 7.49. The lowest BCUT2D eigenvalue weighted by atomic mass is 10.1. The summed E-state index contributed by atoms with van der Waals surface area (Å²) in [5.41, 5.74) is 2.74. The molecule has 0 radical (unpaired) electrons. The van der Waals surface area contributed by atoms with E-state index in [4.69, 9.17) is 4.52 Å². The predicted octanol–water partition coefficient (Wildman–Crippen LogP) is 2.39. The highest BCUT2D eigenvalue weighted by Gasteiger charge is 2.16. The van der Waals surface area contributed by atoms with Crippen molar-refractivity contribution in [2.45, 2.75) is 20.8 Å². The third kappa shape index (κ3) is 5.42. The standard InChI is InChI=1S/C19H26N4O3/c1-5-23(6-2)19(25)13-22(4)12-17(24)20-18-11-16(21-26-18)15-9-7-14(3)8-10-15/h7-11H,5-6,12-13H2,1-4H3,(H,20,24). The molecule has 1 aromatic carbocycles. The van der Waals surface area contributed by atoms with Crippen LogP contribution in [0.15, 0.2) is 34.9 Å². The molecule has 0 aliphatic carbocycles. The lowest BCUT2D eigenvalue weighted by Gasteiger charge is -2.22. The van der Waals surface area contributed by atoms with Crippen LogP contribution in [0.4, 0.5) is 5.88 Å². The van der Waals surface area contributed by atoms with Crippen LogP contribution in [-0.4, -0.2) is 60.0 Å². The number of anilines is 1. The zero-order valence-corrected chi connectivity index (χ0v) is 15.8. The molecule has 1 aromatic heterocycles. The van der Waals surface area contributed by atoms with Crippen LogP contribution < -0.4 is 5.32 Å². The Balaban J connectivity index is 1.88. The van der Waals surface area contributed by atoms with Crippen molar-refractivity contribution < 1.29 is 14.1 Å². The summed E-state index contributed by atoms with van der Waals surface area (Å²) >= 11 is 0. The topological polar surface area (TPSA) is 78.7 Å². The molecule has 0 atom stereocenters. The lowest BCUT2D eigenvalue weighted by Crippen LogP contribution is -2.41. The lowest BCUT2D eigenvalue weighted by molar-refractivity contribution is -0.132. The van der Waals surface area contributed by atoms with Crippen molar-refractivity contribution >= 4 is 17.7 Å². The van der Waals surface area contributed by atoms with Crippen molar-refractivity contribution in [3.8, 4) is 11.3 Å². The van der Waals surface area contributed by atoms with E-state index in [2.05, 4.69) is 10.5 Å². The Kier molecular flexibility index (Phi) is 6.91. The summed E-state index contributed by atoms with van der Waals surface area (Å²) < 4.78 is 5.18. The van der Waals surface area contributed by atoms with Crippen LogP contribution in [0.5, 0.6) is 0 Å². The minimum absolute atomic E-state index is 0.00613. The normalized spacial score (nSPS) is 10.8. The molecule has 0 aliphatic heterocycles. The van der Waals surface area contributed by atoms with Crippen LogP contribution in [0.1, 0.15) is 19.4 Å². The number of benzene rings is 1. The Morgan fingerprint density at radius 2 is 1.77 bits per heavy atom. The Labute approximate surface area is 153 Å². The number of aromatic nitrogens is 1. The molecule has 1 N–H and O–H groups in total. The van der Waals surface area contributed by atoms with E-state index in [1.54, 1.807) is 22.9 Å². The van der Waals surface area contributed by atoms with Crippen LogP contribution in [0, 0.1) is 6.92 Å². The largest absolute Gasteiger partial charge is 0.342 e. The molecule has 140 valence electrons. The number of carbonyl (C=O) groups is 2. The van der Waals surface area contributed by atoms with Gasteiger partial charge in [0.2, 0.25) is 17.7 Å². The van der Waals surface area contributed by atoms with Crippen LogP contribution in [0.25, 0.3) is 11.3 Å². The second-order valence-corrected chi connectivity index (χ2v) is 6.23. The van der Waals surface area contributed by atoms with Gasteiger partial charge in [0, 0.05) is 24.7 Å². The number of nitrogens with one attached hydrogen (secondary N) is 1. The monoisotopic (exact) mass is 358 g/mol. The van der Waals surface area contributed by atoms with Gasteiger partial charge >= 0.3 is 0 Å². The van der Waals surface area contributed by atoms with Gasteiger partial charge in [-0.1, -0.05) is 35.0 Å². The SMILES string of the molecule is CCN(CC)C(=O)CN(C)CC(=O)Nc1cc(-c2ccc(C)cc2)no1. The van der Waals surface area contributed by atoms with Gasteiger partial charge in [0.25, 0.3) is 0 Å². The van der Waals surface area contributed by atoms with E-state index in [0.29, 0.717) is 18.8 Å². The third-order valence-electron chi connectivity index (χ3n) is 4.05. The predicted molar refractivity (Wildman–Crippen MR) is 101 cm³/mol. The van der Waals surface area contributed by atoms with Gasteiger partial charge in [0.15, 0.2) is 0 Å². The van der Waals surface area contributed by atoms with Gasteiger partial charge in [0.1, 0.15) is 5.69 Å². The summed E-state index contributed by atoms with van der Waals surface area (Å²) in [5, 5.41) is 6.65. The number of hydrogen-bond acceptors (Lipinski definition) is 5. The summed E-state index contributed by atoms with van der Waals surface area (Å²) in [6, 6.07) is 9.56. The van der Waals surface area contributed by atoms with Gasteiger partial charge in [-0.25, -0.2) is 0 Å². The molecular formula is C19H26N4O3. The third-order valence-corrected chi connectivity index (χ3v) is 4.05. The number of hydrogen-bond donors (Lipinski definition) is 1. The second-order valence-electron chi connectivity index (χ2n) is 6.23. The maximum atomic E-state index is 12.1. The molecule has 0 unspecified atom stereocenters. The highest BCUT2D eigenvalue weighted by Crippen LogP contribution is 2.21. The Morgan fingerprint density at radius 1 is 1.12 bits per heavy atom. The maximum Gasteiger partial charge on any atom is 0.240 e. The van der Waals surface area contributed by atoms with Crippen LogP contribution in [0.3, 0.4) is 0 Å². The number of carbonyl (C=O) groups excluding carboxylic acids is 2. The number of amides is 2. The van der Waals surface area contributed by atoms with E-state index in [1.807, 2.05) is 45.0 Å². The molecule has 0 fully saturated rings. The molecule has 0 saturated carbocycles. The number of nitrogens with zero attached hydrogens (tertiary/aromatic N) is 3.